The van der Waals surface area contributed by atoms with Crippen LogP contribution >= 0.6 is 0 Å². The molecule has 0 radical (unpaired) electrons. The molecule has 0 aromatic heterocycles. The van der Waals surface area contributed by atoms with Gasteiger partial charge in [0.1, 0.15) is 6.61 Å². The summed E-state index contributed by atoms with van der Waals surface area (Å²) in [5.74, 6) is 1.28. The van der Waals surface area contributed by atoms with E-state index in [4.69, 9.17) is 9.47 Å². The van der Waals surface area contributed by atoms with E-state index < -0.39 is 12.1 Å². The van der Waals surface area contributed by atoms with Crippen LogP contribution in [-0.2, 0) is 6.54 Å². The quantitative estimate of drug-likeness (QED) is 0.671. The zero-order valence-corrected chi connectivity index (χ0v) is 12.5. The molecule has 0 fully saturated rings. The highest BCUT2D eigenvalue weighted by atomic mass is 16.6. The van der Waals surface area contributed by atoms with Crippen LogP contribution in [0.2, 0.25) is 0 Å². The summed E-state index contributed by atoms with van der Waals surface area (Å²) in [5, 5.41) is 13.1. The van der Waals surface area contributed by atoms with E-state index in [9.17, 15) is 10.0 Å². The van der Waals surface area contributed by atoms with E-state index in [0.29, 0.717) is 23.1 Å². The van der Waals surface area contributed by atoms with Crippen LogP contribution < -0.4 is 14.8 Å². The van der Waals surface area contributed by atoms with Gasteiger partial charge in [-0.25, -0.2) is 9.86 Å². The van der Waals surface area contributed by atoms with E-state index in [1.54, 1.807) is 6.07 Å². The minimum Gasteiger partial charge on any atom is -0.486 e. The molecule has 0 saturated heterocycles. The Morgan fingerprint density at radius 2 is 1.83 bits per heavy atom. The number of ether oxygens (including phenoxy) is 2. The van der Waals surface area contributed by atoms with E-state index in [0.717, 1.165) is 5.56 Å². The van der Waals surface area contributed by atoms with Crippen molar-refractivity contribution in [2.45, 2.75) is 12.6 Å². The standard InChI is InChI=1S/C17H18N2O4/c20-17(18-10-13-6-2-1-3-7-13)19(21)11-14-12-22-15-8-4-5-9-16(15)23-14/h1-9,14,21H,10-12H2,(H,18,20). The average Bonchev–Trinajstić information content (AvgIpc) is 2.60. The highest BCUT2D eigenvalue weighted by Gasteiger charge is 2.24. The van der Waals surface area contributed by atoms with Gasteiger partial charge >= 0.3 is 6.03 Å². The van der Waals surface area contributed by atoms with Gasteiger partial charge in [-0.05, 0) is 17.7 Å². The zero-order valence-electron chi connectivity index (χ0n) is 12.5. The van der Waals surface area contributed by atoms with Gasteiger partial charge in [0.25, 0.3) is 0 Å². The van der Waals surface area contributed by atoms with Crippen molar-refractivity contribution < 1.29 is 19.5 Å². The van der Waals surface area contributed by atoms with Gasteiger partial charge in [-0.3, -0.25) is 5.21 Å². The maximum Gasteiger partial charge on any atom is 0.341 e. The number of benzene rings is 2. The van der Waals surface area contributed by atoms with Gasteiger partial charge in [-0.2, -0.15) is 0 Å². The molecule has 0 bridgehead atoms. The summed E-state index contributed by atoms with van der Waals surface area (Å²) in [4.78, 5) is 11.9. The SMILES string of the molecule is O=C(NCc1ccccc1)N(O)CC1COc2ccccc2O1. The number of carbonyl (C=O) groups is 1. The number of carbonyl (C=O) groups excluding carboxylic acids is 1. The third-order valence-corrected chi connectivity index (χ3v) is 3.47. The topological polar surface area (TPSA) is 71.0 Å². The Morgan fingerprint density at radius 1 is 1.13 bits per heavy atom. The fourth-order valence-corrected chi connectivity index (χ4v) is 2.29. The lowest BCUT2D eigenvalue weighted by Gasteiger charge is -2.28. The minimum absolute atomic E-state index is 0.0228. The van der Waals surface area contributed by atoms with E-state index in [-0.39, 0.29) is 13.2 Å². The molecule has 23 heavy (non-hydrogen) atoms. The number of rotatable bonds is 4. The Hall–Kier alpha value is -2.73. The van der Waals surface area contributed by atoms with Crippen molar-refractivity contribution in [1.29, 1.82) is 0 Å². The van der Waals surface area contributed by atoms with Crippen LogP contribution in [0.25, 0.3) is 0 Å². The normalized spacial score (nSPS) is 15.8. The van der Waals surface area contributed by atoms with Gasteiger partial charge in [0.15, 0.2) is 17.6 Å². The molecular formula is C17H18N2O4. The predicted octanol–water partition coefficient (Wildman–Crippen LogP) is 2.43. The van der Waals surface area contributed by atoms with Crippen molar-refractivity contribution in [3.63, 3.8) is 0 Å². The first kappa shape index (κ1) is 15.2. The van der Waals surface area contributed by atoms with Crippen molar-refractivity contribution in [3.05, 3.63) is 60.2 Å². The number of hydroxylamine groups is 2. The van der Waals surface area contributed by atoms with Crippen LogP contribution in [0.1, 0.15) is 5.56 Å². The third-order valence-electron chi connectivity index (χ3n) is 3.47. The smallest absolute Gasteiger partial charge is 0.341 e. The van der Waals surface area contributed by atoms with Gasteiger partial charge < -0.3 is 14.8 Å². The van der Waals surface area contributed by atoms with Crippen LogP contribution in [0.5, 0.6) is 11.5 Å². The molecule has 3 rings (SSSR count). The molecule has 2 aromatic rings. The first-order valence-corrected chi connectivity index (χ1v) is 7.39. The summed E-state index contributed by atoms with van der Waals surface area (Å²) in [6.45, 7) is 0.649. The number of hydrogen-bond acceptors (Lipinski definition) is 4. The van der Waals surface area contributed by atoms with Crippen LogP contribution in [-0.4, -0.2) is 35.6 Å². The maximum absolute atomic E-state index is 11.9. The molecule has 1 atom stereocenters. The first-order chi connectivity index (χ1) is 11.2. The second-order valence-electron chi connectivity index (χ2n) is 5.22. The lowest BCUT2D eigenvalue weighted by molar-refractivity contribution is -0.0744. The molecule has 1 aliphatic heterocycles. The van der Waals surface area contributed by atoms with Crippen molar-refractivity contribution in [2.75, 3.05) is 13.2 Å². The molecule has 1 unspecified atom stereocenters. The van der Waals surface area contributed by atoms with Crippen molar-refractivity contribution >= 4 is 6.03 Å². The molecule has 0 saturated carbocycles. The Kier molecular flexibility index (Phi) is 4.63. The molecule has 1 heterocycles. The van der Waals surface area contributed by atoms with Gasteiger partial charge in [0.2, 0.25) is 0 Å². The van der Waals surface area contributed by atoms with Gasteiger partial charge in [-0.1, -0.05) is 42.5 Å². The summed E-state index contributed by atoms with van der Waals surface area (Å²) in [5.41, 5.74) is 0.959. The monoisotopic (exact) mass is 314 g/mol. The van der Waals surface area contributed by atoms with E-state index in [1.807, 2.05) is 48.5 Å². The summed E-state index contributed by atoms with van der Waals surface area (Å²) in [6.07, 6.45) is -0.419. The lowest BCUT2D eigenvalue weighted by atomic mass is 10.2. The molecule has 1 aliphatic rings. The number of hydrogen-bond donors (Lipinski definition) is 2. The van der Waals surface area contributed by atoms with Crippen molar-refractivity contribution in [3.8, 4) is 11.5 Å². The average molecular weight is 314 g/mol. The number of para-hydroxylation sites is 2. The van der Waals surface area contributed by atoms with Crippen LogP contribution in [0.4, 0.5) is 4.79 Å². The number of amides is 2. The van der Waals surface area contributed by atoms with Crippen LogP contribution in [0.15, 0.2) is 54.6 Å². The van der Waals surface area contributed by atoms with E-state index >= 15 is 0 Å². The summed E-state index contributed by atoms with van der Waals surface area (Å²) < 4.78 is 11.3. The second kappa shape index (κ2) is 7.02. The lowest BCUT2D eigenvalue weighted by Crippen LogP contribution is -2.45. The van der Waals surface area contributed by atoms with Crippen LogP contribution in [0.3, 0.4) is 0 Å². The summed E-state index contributed by atoms with van der Waals surface area (Å²) >= 11 is 0. The number of nitrogens with one attached hydrogen (secondary N) is 1. The van der Waals surface area contributed by atoms with Crippen LogP contribution in [0, 0.1) is 0 Å². The highest BCUT2D eigenvalue weighted by molar-refractivity contribution is 5.72. The predicted molar refractivity (Wildman–Crippen MR) is 83.5 cm³/mol. The Bertz CT molecular complexity index is 663. The Labute approximate surface area is 134 Å². The molecular weight excluding hydrogens is 296 g/mol. The second-order valence-corrected chi connectivity index (χ2v) is 5.22. The van der Waals surface area contributed by atoms with Crippen molar-refractivity contribution in [1.82, 2.24) is 10.4 Å². The number of nitrogens with zero attached hydrogens (tertiary/aromatic N) is 1. The molecule has 120 valence electrons. The molecule has 0 aliphatic carbocycles. The van der Waals surface area contributed by atoms with E-state index in [2.05, 4.69) is 5.32 Å². The molecule has 2 aromatic carbocycles. The Morgan fingerprint density at radius 3 is 2.61 bits per heavy atom. The zero-order chi connectivity index (χ0) is 16.1. The Balaban J connectivity index is 1.49. The fourth-order valence-electron chi connectivity index (χ4n) is 2.29. The fraction of sp³-hybridized carbons (Fsp3) is 0.235. The number of fused-ring (bicyclic) bond motifs is 1. The molecule has 2 amide bonds. The summed E-state index contributed by atoms with van der Waals surface area (Å²) in [7, 11) is 0. The van der Waals surface area contributed by atoms with Gasteiger partial charge in [-0.15, -0.1) is 0 Å². The minimum atomic E-state index is -0.573. The van der Waals surface area contributed by atoms with Crippen molar-refractivity contribution in [2.24, 2.45) is 0 Å². The highest BCUT2D eigenvalue weighted by Crippen LogP contribution is 2.30. The molecule has 2 N–H and O–H groups in total. The molecule has 6 heteroatoms. The largest absolute Gasteiger partial charge is 0.486 e. The number of urea groups is 1. The van der Waals surface area contributed by atoms with Gasteiger partial charge in [0, 0.05) is 6.54 Å². The third kappa shape index (κ3) is 3.92. The van der Waals surface area contributed by atoms with E-state index in [1.165, 1.54) is 0 Å². The maximum atomic E-state index is 11.9. The molecule has 0 spiro atoms. The van der Waals surface area contributed by atoms with Gasteiger partial charge in [0.05, 0.1) is 6.54 Å². The first-order valence-electron chi connectivity index (χ1n) is 7.39. The molecule has 6 nitrogen and oxygen atoms in total. The summed E-state index contributed by atoms with van der Waals surface area (Å²) in [6, 6.07) is 16.2.